The molecule has 0 bridgehead atoms. The molecule has 0 spiro atoms. The zero-order valence-electron chi connectivity index (χ0n) is 5.62. The number of aryl methyl sites for hydroxylation is 1. The second-order valence-electron chi connectivity index (χ2n) is 1.84. The van der Waals surface area contributed by atoms with E-state index in [0.29, 0.717) is 6.61 Å². The summed E-state index contributed by atoms with van der Waals surface area (Å²) in [4.78, 5) is 3.96. The Balaban J connectivity index is 2.49. The molecule has 0 saturated heterocycles. The van der Waals surface area contributed by atoms with Crippen LogP contribution in [-0.2, 0) is 9.61 Å². The van der Waals surface area contributed by atoms with Crippen LogP contribution in [0.2, 0.25) is 0 Å². The molecule has 0 amide bonds. The molecule has 0 fully saturated rings. The average molecular weight is 253 g/mol. The number of aromatic nitrogens is 3. The first-order valence-corrected chi connectivity index (χ1v) is 3.80. The van der Waals surface area contributed by atoms with E-state index in [0.717, 1.165) is 12.4 Å². The summed E-state index contributed by atoms with van der Waals surface area (Å²) < 4.78 is 6.66. The van der Waals surface area contributed by atoms with Gasteiger partial charge < -0.3 is 3.07 Å². The number of nitrogens with zero attached hydrogens (tertiary/aromatic N) is 3. The standard InChI is InChI=1S/C5H8IN3O/c1-5-7-4-8-9(5)2-3-10-6/h4H,2-3H2,1H3. The summed E-state index contributed by atoms with van der Waals surface area (Å²) >= 11 is 1.86. The second kappa shape index (κ2) is 3.87. The summed E-state index contributed by atoms with van der Waals surface area (Å²) in [6.45, 7) is 3.36. The van der Waals surface area contributed by atoms with Crippen molar-refractivity contribution in [3.63, 3.8) is 0 Å². The maximum absolute atomic E-state index is 4.85. The van der Waals surface area contributed by atoms with Gasteiger partial charge in [0.25, 0.3) is 0 Å². The molecule has 0 radical (unpaired) electrons. The molecule has 1 heterocycles. The lowest BCUT2D eigenvalue weighted by atomic mass is 10.6. The van der Waals surface area contributed by atoms with Gasteiger partial charge in [0.15, 0.2) is 0 Å². The molecule has 0 aliphatic heterocycles. The van der Waals surface area contributed by atoms with Crippen molar-refractivity contribution in [2.45, 2.75) is 13.5 Å². The molecule has 0 saturated carbocycles. The van der Waals surface area contributed by atoms with Crippen molar-refractivity contribution in [1.82, 2.24) is 14.8 Å². The lowest BCUT2D eigenvalue weighted by molar-refractivity contribution is 0.376. The van der Waals surface area contributed by atoms with Crippen LogP contribution in [0.3, 0.4) is 0 Å². The molecule has 1 aromatic rings. The summed E-state index contributed by atoms with van der Waals surface area (Å²) in [5, 5.41) is 3.98. The molecule has 0 unspecified atom stereocenters. The minimum absolute atomic E-state index is 0.671. The van der Waals surface area contributed by atoms with E-state index < -0.39 is 0 Å². The van der Waals surface area contributed by atoms with Gasteiger partial charge in [-0.05, 0) is 6.92 Å². The largest absolute Gasteiger partial charge is 0.314 e. The summed E-state index contributed by atoms with van der Waals surface area (Å²) in [5.41, 5.74) is 0. The van der Waals surface area contributed by atoms with Crippen LogP contribution >= 0.6 is 23.0 Å². The Bertz CT molecular complexity index is 201. The Hall–Kier alpha value is -0.170. The predicted molar refractivity (Wildman–Crippen MR) is 44.7 cm³/mol. The van der Waals surface area contributed by atoms with Gasteiger partial charge in [-0.25, -0.2) is 9.67 Å². The van der Waals surface area contributed by atoms with E-state index in [9.17, 15) is 0 Å². The third-order valence-electron chi connectivity index (χ3n) is 1.19. The van der Waals surface area contributed by atoms with Crippen LogP contribution in [0.1, 0.15) is 5.82 Å². The van der Waals surface area contributed by atoms with Crippen molar-refractivity contribution in [3.8, 4) is 0 Å². The Labute approximate surface area is 73.3 Å². The fraction of sp³-hybridized carbons (Fsp3) is 0.600. The van der Waals surface area contributed by atoms with Crippen LogP contribution in [-0.4, -0.2) is 21.4 Å². The molecular weight excluding hydrogens is 245 g/mol. The SMILES string of the molecule is Cc1ncnn1CCOI. The van der Waals surface area contributed by atoms with Gasteiger partial charge >= 0.3 is 0 Å². The fourth-order valence-electron chi connectivity index (χ4n) is 0.662. The van der Waals surface area contributed by atoms with Gasteiger partial charge in [0.1, 0.15) is 35.2 Å². The first-order chi connectivity index (χ1) is 4.84. The average Bonchev–Trinajstić information content (AvgIpc) is 2.31. The Morgan fingerprint density at radius 3 is 3.10 bits per heavy atom. The molecule has 0 N–H and O–H groups in total. The van der Waals surface area contributed by atoms with Crippen molar-refractivity contribution in [2.24, 2.45) is 0 Å². The quantitative estimate of drug-likeness (QED) is 0.753. The topological polar surface area (TPSA) is 39.9 Å². The first kappa shape index (κ1) is 7.93. The van der Waals surface area contributed by atoms with Crippen molar-refractivity contribution in [1.29, 1.82) is 0 Å². The normalized spacial score (nSPS) is 10.2. The van der Waals surface area contributed by atoms with E-state index in [4.69, 9.17) is 3.07 Å². The molecule has 0 aliphatic rings. The van der Waals surface area contributed by atoms with E-state index in [2.05, 4.69) is 10.1 Å². The van der Waals surface area contributed by atoms with Gasteiger partial charge in [-0.15, -0.1) is 0 Å². The highest BCUT2D eigenvalue weighted by atomic mass is 127. The zero-order chi connectivity index (χ0) is 7.40. The smallest absolute Gasteiger partial charge is 0.138 e. The molecule has 0 aromatic carbocycles. The Morgan fingerprint density at radius 2 is 2.60 bits per heavy atom. The summed E-state index contributed by atoms with van der Waals surface area (Å²) in [5.74, 6) is 0.924. The maximum atomic E-state index is 4.85. The lowest BCUT2D eigenvalue weighted by Crippen LogP contribution is -2.05. The van der Waals surface area contributed by atoms with Crippen LogP contribution in [0.15, 0.2) is 6.33 Å². The number of rotatable bonds is 3. The molecule has 1 rings (SSSR count). The highest BCUT2D eigenvalue weighted by Gasteiger charge is 1.95. The summed E-state index contributed by atoms with van der Waals surface area (Å²) in [7, 11) is 0. The number of hydrogen-bond donors (Lipinski definition) is 0. The van der Waals surface area contributed by atoms with E-state index in [1.807, 2.05) is 29.9 Å². The molecule has 5 heteroatoms. The van der Waals surface area contributed by atoms with Gasteiger partial charge in [-0.1, -0.05) is 0 Å². The van der Waals surface area contributed by atoms with Gasteiger partial charge in [-0.3, -0.25) is 0 Å². The Kier molecular flexibility index (Phi) is 3.07. The van der Waals surface area contributed by atoms with Crippen molar-refractivity contribution in [3.05, 3.63) is 12.2 Å². The fourth-order valence-corrected chi connectivity index (χ4v) is 0.859. The minimum Gasteiger partial charge on any atom is -0.314 e. The van der Waals surface area contributed by atoms with Crippen molar-refractivity contribution in [2.75, 3.05) is 6.61 Å². The second-order valence-corrected chi connectivity index (χ2v) is 2.47. The first-order valence-electron chi connectivity index (χ1n) is 2.92. The van der Waals surface area contributed by atoms with Gasteiger partial charge in [0.05, 0.1) is 13.2 Å². The van der Waals surface area contributed by atoms with Crippen LogP contribution in [0.5, 0.6) is 0 Å². The maximum Gasteiger partial charge on any atom is 0.138 e. The van der Waals surface area contributed by atoms with E-state index >= 15 is 0 Å². The van der Waals surface area contributed by atoms with Crippen LogP contribution in [0.4, 0.5) is 0 Å². The molecular formula is C5H8IN3O. The molecule has 1 aromatic heterocycles. The van der Waals surface area contributed by atoms with Crippen LogP contribution in [0, 0.1) is 6.92 Å². The molecule has 10 heavy (non-hydrogen) atoms. The minimum atomic E-state index is 0.671. The predicted octanol–water partition coefficient (Wildman–Crippen LogP) is 0.953. The monoisotopic (exact) mass is 253 g/mol. The summed E-state index contributed by atoms with van der Waals surface area (Å²) in [6.07, 6.45) is 1.54. The van der Waals surface area contributed by atoms with E-state index in [1.165, 1.54) is 0 Å². The summed E-state index contributed by atoms with van der Waals surface area (Å²) in [6, 6.07) is 0. The number of halogens is 1. The highest BCUT2D eigenvalue weighted by molar-refractivity contribution is 14.1. The molecule has 56 valence electrons. The highest BCUT2D eigenvalue weighted by Crippen LogP contribution is 1.92. The van der Waals surface area contributed by atoms with Gasteiger partial charge in [-0.2, -0.15) is 5.10 Å². The van der Waals surface area contributed by atoms with Crippen LogP contribution in [0.25, 0.3) is 0 Å². The number of hydrogen-bond acceptors (Lipinski definition) is 3. The third kappa shape index (κ3) is 1.91. The molecule has 0 aliphatic carbocycles. The molecule has 4 nitrogen and oxygen atoms in total. The lowest BCUT2D eigenvalue weighted by Gasteiger charge is -1.98. The Morgan fingerprint density at radius 1 is 1.80 bits per heavy atom. The molecule has 0 atom stereocenters. The third-order valence-corrected chi connectivity index (χ3v) is 1.63. The van der Waals surface area contributed by atoms with Crippen molar-refractivity contribution < 1.29 is 3.07 Å². The van der Waals surface area contributed by atoms with Gasteiger partial charge in [0.2, 0.25) is 0 Å². The van der Waals surface area contributed by atoms with E-state index in [1.54, 1.807) is 11.0 Å². The van der Waals surface area contributed by atoms with Crippen molar-refractivity contribution >= 4 is 23.0 Å². The van der Waals surface area contributed by atoms with Crippen LogP contribution < -0.4 is 0 Å². The van der Waals surface area contributed by atoms with Gasteiger partial charge in [0, 0.05) is 0 Å². The van der Waals surface area contributed by atoms with E-state index in [-0.39, 0.29) is 0 Å². The zero-order valence-corrected chi connectivity index (χ0v) is 7.78.